The van der Waals surface area contributed by atoms with Crippen LogP contribution in [0.15, 0.2) is 18.2 Å². The van der Waals surface area contributed by atoms with Crippen LogP contribution in [0.1, 0.15) is 37.0 Å². The predicted octanol–water partition coefficient (Wildman–Crippen LogP) is 2.99. The van der Waals surface area contributed by atoms with Crippen LogP contribution in [0, 0.1) is 5.92 Å². The summed E-state index contributed by atoms with van der Waals surface area (Å²) in [7, 11) is 4.14. The molecule has 1 aliphatic rings. The third-order valence-corrected chi connectivity index (χ3v) is 6.72. The number of amides is 1. The summed E-state index contributed by atoms with van der Waals surface area (Å²) < 4.78 is 16.3. The molecule has 1 aliphatic heterocycles. The molecule has 1 saturated heterocycles. The van der Waals surface area contributed by atoms with E-state index in [0.29, 0.717) is 42.7 Å². The quantitative estimate of drug-likeness (QED) is 0.474. The highest BCUT2D eigenvalue weighted by Crippen LogP contribution is 2.33. The highest BCUT2D eigenvalue weighted by molar-refractivity contribution is 7.38. The lowest BCUT2D eigenvalue weighted by Crippen LogP contribution is -2.49. The van der Waals surface area contributed by atoms with E-state index in [0.717, 1.165) is 27.6 Å². The van der Waals surface area contributed by atoms with E-state index in [1.165, 1.54) is 6.16 Å². The van der Waals surface area contributed by atoms with E-state index in [4.69, 9.17) is 19.9 Å². The zero-order valence-electron chi connectivity index (χ0n) is 17.6. The normalized spacial score (nSPS) is 20.4. The van der Waals surface area contributed by atoms with E-state index in [2.05, 4.69) is 13.8 Å². The summed E-state index contributed by atoms with van der Waals surface area (Å²) in [5.74, 6) is 1.79. The molecule has 1 aromatic carbocycles. The molecule has 2 N–H and O–H groups in total. The number of benzene rings is 1. The van der Waals surface area contributed by atoms with Gasteiger partial charge in [0.25, 0.3) is 5.91 Å². The number of hydrogen-bond donors (Lipinski definition) is 1. The minimum Gasteiger partial charge on any atom is -0.493 e. The maximum absolute atomic E-state index is 13.4. The lowest BCUT2D eigenvalue weighted by atomic mass is 9.99. The first kappa shape index (κ1) is 22.9. The summed E-state index contributed by atoms with van der Waals surface area (Å²) in [6.45, 7) is 6.01. The predicted molar refractivity (Wildman–Crippen MR) is 115 cm³/mol. The Morgan fingerprint density at radius 1 is 1.25 bits per heavy atom. The molecule has 6 nitrogen and oxygen atoms in total. The summed E-state index contributed by atoms with van der Waals surface area (Å²) in [5, 5.41) is 0. The Hall–Kier alpha value is -1.36. The summed E-state index contributed by atoms with van der Waals surface area (Å²) in [5.41, 5.74) is 6.54. The van der Waals surface area contributed by atoms with Crippen LogP contribution in [0.4, 0.5) is 0 Å². The number of hydrogen-bond acceptors (Lipinski definition) is 5. The van der Waals surface area contributed by atoms with Crippen molar-refractivity contribution in [3.63, 3.8) is 0 Å². The topological polar surface area (TPSA) is 74.0 Å². The summed E-state index contributed by atoms with van der Waals surface area (Å²) in [4.78, 5) is 15.4. The van der Waals surface area contributed by atoms with Crippen molar-refractivity contribution >= 4 is 14.5 Å². The molecular weight excluding hydrogens is 375 g/mol. The fourth-order valence-corrected chi connectivity index (χ4v) is 5.28. The van der Waals surface area contributed by atoms with E-state index in [9.17, 15) is 4.79 Å². The molecule has 3 atom stereocenters. The molecule has 1 amide bonds. The third kappa shape index (κ3) is 6.07. The molecule has 0 aromatic heterocycles. The SMILES string of the molecule is COCCCOc1cc(C(=O)N(C(C)C)C2CPCC(CN)C2)ccc1OC. The number of carbonyl (C=O) groups excluding carboxylic acids is 1. The number of methoxy groups -OCH3 is 2. The van der Waals surface area contributed by atoms with Gasteiger partial charge in [-0.15, -0.1) is 8.58 Å². The van der Waals surface area contributed by atoms with Gasteiger partial charge in [0.1, 0.15) is 0 Å². The van der Waals surface area contributed by atoms with E-state index >= 15 is 0 Å². The van der Waals surface area contributed by atoms with Crippen LogP contribution in [-0.2, 0) is 4.74 Å². The van der Waals surface area contributed by atoms with E-state index in [-0.39, 0.29) is 18.0 Å². The molecule has 0 radical (unpaired) electrons. The van der Waals surface area contributed by atoms with Crippen molar-refractivity contribution in [2.45, 2.75) is 38.8 Å². The van der Waals surface area contributed by atoms with Crippen molar-refractivity contribution in [1.29, 1.82) is 0 Å². The lowest BCUT2D eigenvalue weighted by molar-refractivity contribution is 0.0600. The smallest absolute Gasteiger partial charge is 0.254 e. The fraction of sp³-hybridized carbons (Fsp3) is 0.667. The molecule has 0 saturated carbocycles. The van der Waals surface area contributed by atoms with E-state index in [1.807, 2.05) is 17.0 Å². The second kappa shape index (κ2) is 11.6. The van der Waals surface area contributed by atoms with Crippen molar-refractivity contribution in [2.24, 2.45) is 11.7 Å². The van der Waals surface area contributed by atoms with Gasteiger partial charge in [-0.2, -0.15) is 0 Å². The first-order chi connectivity index (χ1) is 13.5. The van der Waals surface area contributed by atoms with Gasteiger partial charge in [0, 0.05) is 37.8 Å². The van der Waals surface area contributed by atoms with Crippen LogP contribution in [0.25, 0.3) is 0 Å². The second-order valence-electron chi connectivity index (χ2n) is 7.52. The molecule has 7 heteroatoms. The highest BCUT2D eigenvalue weighted by Gasteiger charge is 2.31. The van der Waals surface area contributed by atoms with Gasteiger partial charge in [-0.05, 0) is 63.3 Å². The van der Waals surface area contributed by atoms with Crippen molar-refractivity contribution in [3.05, 3.63) is 23.8 Å². The molecule has 1 heterocycles. The van der Waals surface area contributed by atoms with Crippen LogP contribution < -0.4 is 15.2 Å². The first-order valence-electron chi connectivity index (χ1n) is 10.0. The van der Waals surface area contributed by atoms with Crippen molar-refractivity contribution in [2.75, 3.05) is 46.3 Å². The number of ether oxygens (including phenoxy) is 3. The Labute approximate surface area is 170 Å². The maximum Gasteiger partial charge on any atom is 0.254 e. The Balaban J connectivity index is 2.19. The molecule has 0 aliphatic carbocycles. The van der Waals surface area contributed by atoms with Gasteiger partial charge in [-0.1, -0.05) is 0 Å². The van der Waals surface area contributed by atoms with Gasteiger partial charge in [0.2, 0.25) is 0 Å². The molecule has 1 aromatic rings. The highest BCUT2D eigenvalue weighted by atomic mass is 31.1. The average molecular weight is 410 g/mol. The largest absolute Gasteiger partial charge is 0.493 e. The molecule has 1 fully saturated rings. The lowest BCUT2D eigenvalue weighted by Gasteiger charge is -2.40. The number of nitrogens with two attached hydrogens (primary N) is 1. The Bertz CT molecular complexity index is 626. The number of carbonyl (C=O) groups is 1. The van der Waals surface area contributed by atoms with Crippen LogP contribution in [0.2, 0.25) is 0 Å². The maximum atomic E-state index is 13.4. The number of nitrogens with zero attached hydrogens (tertiary/aromatic N) is 1. The van der Waals surface area contributed by atoms with Gasteiger partial charge >= 0.3 is 0 Å². The molecule has 28 heavy (non-hydrogen) atoms. The van der Waals surface area contributed by atoms with Gasteiger partial charge in [0.05, 0.1) is 13.7 Å². The first-order valence-corrected chi connectivity index (χ1v) is 11.5. The van der Waals surface area contributed by atoms with Gasteiger partial charge in [0.15, 0.2) is 11.5 Å². The summed E-state index contributed by atoms with van der Waals surface area (Å²) in [6, 6.07) is 5.81. The van der Waals surface area contributed by atoms with Crippen molar-refractivity contribution < 1.29 is 19.0 Å². The van der Waals surface area contributed by atoms with Crippen LogP contribution in [0.5, 0.6) is 11.5 Å². The van der Waals surface area contributed by atoms with E-state index in [1.54, 1.807) is 20.3 Å². The van der Waals surface area contributed by atoms with Gasteiger partial charge < -0.3 is 24.8 Å². The monoisotopic (exact) mass is 410 g/mol. The second-order valence-corrected chi connectivity index (χ2v) is 8.83. The Morgan fingerprint density at radius 3 is 2.68 bits per heavy atom. The molecule has 2 rings (SSSR count). The minimum absolute atomic E-state index is 0.0480. The fourth-order valence-electron chi connectivity index (χ4n) is 3.68. The van der Waals surface area contributed by atoms with E-state index < -0.39 is 0 Å². The van der Waals surface area contributed by atoms with Gasteiger partial charge in [-0.3, -0.25) is 4.79 Å². The molecular formula is C21H35N2O4P. The van der Waals surface area contributed by atoms with Gasteiger partial charge in [-0.25, -0.2) is 0 Å². The molecule has 0 bridgehead atoms. The van der Waals surface area contributed by atoms with Crippen molar-refractivity contribution in [3.8, 4) is 11.5 Å². The van der Waals surface area contributed by atoms with Crippen molar-refractivity contribution in [1.82, 2.24) is 4.90 Å². The minimum atomic E-state index is 0.0480. The summed E-state index contributed by atoms with van der Waals surface area (Å²) >= 11 is 0. The zero-order chi connectivity index (χ0) is 20.5. The third-order valence-electron chi connectivity index (χ3n) is 5.10. The van der Waals surface area contributed by atoms with Crippen LogP contribution in [-0.4, -0.2) is 69.2 Å². The molecule has 3 unspecified atom stereocenters. The Morgan fingerprint density at radius 2 is 2.04 bits per heavy atom. The van der Waals surface area contributed by atoms with Crippen LogP contribution >= 0.6 is 8.58 Å². The zero-order valence-corrected chi connectivity index (χ0v) is 18.6. The standard InChI is InChI=1S/C21H35N2O4P/c1-15(2)23(18-10-16(12-22)13-28-14-18)21(24)17-6-7-19(26-4)20(11-17)27-9-5-8-25-3/h6-7,11,15-16,18,28H,5,8-10,12-14,22H2,1-4H3. The molecule has 0 spiro atoms. The Kier molecular flexibility index (Phi) is 9.49. The average Bonchev–Trinajstić information content (AvgIpc) is 2.71. The summed E-state index contributed by atoms with van der Waals surface area (Å²) in [6.07, 6.45) is 4.02. The van der Waals surface area contributed by atoms with Crippen LogP contribution in [0.3, 0.4) is 0 Å². The molecule has 158 valence electrons. The number of rotatable bonds is 10.